The van der Waals surface area contributed by atoms with Gasteiger partial charge < -0.3 is 19.9 Å². The maximum Gasteiger partial charge on any atom is 0.417 e. The predicted molar refractivity (Wildman–Crippen MR) is 124 cm³/mol. The Morgan fingerprint density at radius 2 is 1.91 bits per heavy atom. The third-order valence-corrected chi connectivity index (χ3v) is 6.28. The summed E-state index contributed by atoms with van der Waals surface area (Å²) in [6.07, 6.45) is -2.93. The number of carboxylic acids is 1. The smallest absolute Gasteiger partial charge is 0.417 e. The molecule has 2 aromatic heterocycles. The van der Waals surface area contributed by atoms with Crippen LogP contribution in [0.15, 0.2) is 48.0 Å². The lowest BCUT2D eigenvalue weighted by Gasteiger charge is -2.19. The summed E-state index contributed by atoms with van der Waals surface area (Å²) < 4.78 is 52.7. The topological polar surface area (TPSA) is 93.6 Å². The van der Waals surface area contributed by atoms with Gasteiger partial charge in [0.05, 0.1) is 11.1 Å². The molecule has 0 fully saturated rings. The van der Waals surface area contributed by atoms with Crippen LogP contribution in [0, 0.1) is 0 Å². The average molecular weight is 501 g/mol. The second-order valence-corrected chi connectivity index (χ2v) is 8.67. The van der Waals surface area contributed by atoms with Crippen LogP contribution in [0.25, 0.3) is 21.6 Å². The second-order valence-electron chi connectivity index (χ2n) is 7.78. The Morgan fingerprint density at radius 3 is 2.69 bits per heavy atom. The summed E-state index contributed by atoms with van der Waals surface area (Å²) in [5.74, 6) is -0.509. The molecule has 0 unspecified atom stereocenters. The largest absolute Gasteiger partial charge is 0.486 e. The van der Waals surface area contributed by atoms with Crippen LogP contribution in [-0.4, -0.2) is 40.8 Å². The molecule has 0 saturated heterocycles. The molecule has 0 spiro atoms. The first kappa shape index (κ1) is 22.9. The fraction of sp³-hybridized carbons (Fsp3) is 0.208. The molecule has 2 N–H and O–H groups in total. The Hall–Kier alpha value is -3.86. The summed E-state index contributed by atoms with van der Waals surface area (Å²) in [6, 6.07) is 9.42. The highest BCUT2D eigenvalue weighted by Gasteiger charge is 2.38. The average Bonchev–Trinajstić information content (AvgIpc) is 3.31. The first-order valence-corrected chi connectivity index (χ1v) is 11.5. The zero-order valence-corrected chi connectivity index (χ0v) is 18.9. The molecule has 0 aliphatic carbocycles. The Balaban J connectivity index is 1.47. The van der Waals surface area contributed by atoms with E-state index >= 15 is 0 Å². The molecule has 180 valence electrons. The third-order valence-electron chi connectivity index (χ3n) is 5.46. The van der Waals surface area contributed by atoms with Crippen LogP contribution in [0.2, 0.25) is 0 Å². The van der Waals surface area contributed by atoms with Crippen molar-refractivity contribution in [3.8, 4) is 22.9 Å². The minimum Gasteiger partial charge on any atom is -0.486 e. The minimum atomic E-state index is -4.89. The van der Waals surface area contributed by atoms with Gasteiger partial charge >= 0.3 is 12.1 Å². The molecule has 11 heteroatoms. The summed E-state index contributed by atoms with van der Waals surface area (Å²) in [7, 11) is 0. The number of aromatic nitrogens is 2. The van der Waals surface area contributed by atoms with Crippen molar-refractivity contribution in [3.63, 3.8) is 0 Å². The van der Waals surface area contributed by atoms with Crippen molar-refractivity contribution in [1.82, 2.24) is 9.97 Å². The second kappa shape index (κ2) is 9.06. The Labute approximate surface area is 201 Å². The van der Waals surface area contributed by atoms with Crippen LogP contribution in [0.3, 0.4) is 0 Å². The van der Waals surface area contributed by atoms with Gasteiger partial charge in [-0.25, -0.2) is 14.8 Å². The molecule has 0 amide bonds. The number of halogens is 3. The highest BCUT2D eigenvalue weighted by Crippen LogP contribution is 2.39. The molecule has 7 nitrogen and oxygen atoms in total. The van der Waals surface area contributed by atoms with E-state index in [4.69, 9.17) is 9.47 Å². The summed E-state index contributed by atoms with van der Waals surface area (Å²) in [6.45, 7) is 1.23. The number of rotatable bonds is 6. The number of alkyl halides is 3. The maximum absolute atomic E-state index is 13.9. The number of nitrogens with zero attached hydrogens (tertiary/aromatic N) is 2. The summed E-state index contributed by atoms with van der Waals surface area (Å²) >= 11 is 1.29. The summed E-state index contributed by atoms with van der Waals surface area (Å²) in [5.41, 5.74) is -1.33. The van der Waals surface area contributed by atoms with Crippen LogP contribution in [0.4, 0.5) is 18.9 Å². The number of thiophene rings is 1. The quantitative estimate of drug-likeness (QED) is 0.360. The first-order chi connectivity index (χ1) is 16.8. The summed E-state index contributed by atoms with van der Waals surface area (Å²) in [4.78, 5) is 20.9. The predicted octanol–water partition coefficient (Wildman–Crippen LogP) is 5.50. The monoisotopic (exact) mass is 501 g/mol. The van der Waals surface area contributed by atoms with Crippen LogP contribution >= 0.6 is 11.3 Å². The van der Waals surface area contributed by atoms with E-state index in [0.29, 0.717) is 42.5 Å². The lowest BCUT2D eigenvalue weighted by molar-refractivity contribution is -0.138. The standard InChI is InChI=1S/C24H18F3N3O4S/c25-24(26,27)17-11-15(28-5-3-13-1-2-18-19(9-13)34-7-6-33-18)10-16(20(17)23(31)32)21-29-12-14-4-8-35-22(14)30-21/h1-2,4,8-12,28H,3,5-7H2,(H,31,32). The highest BCUT2D eigenvalue weighted by atomic mass is 32.1. The SMILES string of the molecule is O=C(O)c1c(-c2ncc3ccsc3n2)cc(NCCc2ccc3c(c2)OCCO3)cc1C(F)(F)F. The molecule has 35 heavy (non-hydrogen) atoms. The molecule has 1 aliphatic heterocycles. The van der Waals surface area contributed by atoms with E-state index in [1.807, 2.05) is 12.1 Å². The van der Waals surface area contributed by atoms with Crippen molar-refractivity contribution in [1.29, 1.82) is 0 Å². The zero-order chi connectivity index (χ0) is 24.6. The number of carbonyl (C=O) groups is 1. The molecule has 0 radical (unpaired) electrons. The number of carboxylic acid groups (broad SMARTS) is 1. The normalized spacial score (nSPS) is 13.1. The van der Waals surface area contributed by atoms with E-state index in [1.165, 1.54) is 23.6 Å². The van der Waals surface area contributed by atoms with Gasteiger partial charge in [-0.05, 0) is 47.7 Å². The number of aromatic carboxylic acids is 1. The molecule has 2 aromatic carbocycles. The summed E-state index contributed by atoms with van der Waals surface area (Å²) in [5, 5.41) is 15.1. The van der Waals surface area contributed by atoms with Crippen molar-refractivity contribution < 1.29 is 32.5 Å². The number of hydrogen-bond acceptors (Lipinski definition) is 7. The van der Waals surface area contributed by atoms with Crippen LogP contribution in [0.1, 0.15) is 21.5 Å². The van der Waals surface area contributed by atoms with Gasteiger partial charge in [-0.2, -0.15) is 13.2 Å². The number of hydrogen-bond donors (Lipinski definition) is 2. The third kappa shape index (κ3) is 4.72. The molecule has 3 heterocycles. The Bertz CT molecular complexity index is 1420. The molecule has 5 rings (SSSR count). The van der Waals surface area contributed by atoms with Gasteiger partial charge in [0, 0.05) is 29.4 Å². The van der Waals surface area contributed by atoms with Gasteiger partial charge in [0.15, 0.2) is 17.3 Å². The molecular formula is C24H18F3N3O4S. The number of fused-ring (bicyclic) bond motifs is 2. The van der Waals surface area contributed by atoms with E-state index in [2.05, 4.69) is 15.3 Å². The highest BCUT2D eigenvalue weighted by molar-refractivity contribution is 7.16. The fourth-order valence-electron chi connectivity index (χ4n) is 3.85. The van der Waals surface area contributed by atoms with E-state index in [9.17, 15) is 23.1 Å². The zero-order valence-electron chi connectivity index (χ0n) is 18.1. The van der Waals surface area contributed by atoms with Gasteiger partial charge in [-0.1, -0.05) is 6.07 Å². The van der Waals surface area contributed by atoms with E-state index in [1.54, 1.807) is 17.5 Å². The van der Waals surface area contributed by atoms with Gasteiger partial charge in [0.25, 0.3) is 0 Å². The molecule has 0 bridgehead atoms. The van der Waals surface area contributed by atoms with Crippen molar-refractivity contribution >= 4 is 33.2 Å². The molecule has 0 atom stereocenters. The van der Waals surface area contributed by atoms with E-state index in [0.717, 1.165) is 17.0 Å². The fourth-order valence-corrected chi connectivity index (χ4v) is 4.59. The van der Waals surface area contributed by atoms with E-state index < -0.39 is 23.3 Å². The van der Waals surface area contributed by atoms with Gasteiger partial charge in [-0.3, -0.25) is 0 Å². The van der Waals surface area contributed by atoms with Crippen molar-refractivity contribution in [2.75, 3.05) is 25.1 Å². The number of benzene rings is 2. The minimum absolute atomic E-state index is 0.0849. The van der Waals surface area contributed by atoms with Crippen molar-refractivity contribution in [2.24, 2.45) is 0 Å². The van der Waals surface area contributed by atoms with Gasteiger partial charge in [0.1, 0.15) is 18.0 Å². The molecule has 4 aromatic rings. The van der Waals surface area contributed by atoms with Crippen molar-refractivity contribution in [3.05, 3.63) is 64.7 Å². The Kier molecular flexibility index (Phi) is 5.93. The maximum atomic E-state index is 13.9. The van der Waals surface area contributed by atoms with Gasteiger partial charge in [0.2, 0.25) is 0 Å². The van der Waals surface area contributed by atoms with E-state index in [-0.39, 0.29) is 17.1 Å². The number of nitrogens with one attached hydrogen (secondary N) is 1. The van der Waals surface area contributed by atoms with Crippen molar-refractivity contribution in [2.45, 2.75) is 12.6 Å². The van der Waals surface area contributed by atoms with Crippen LogP contribution in [0.5, 0.6) is 11.5 Å². The lowest BCUT2D eigenvalue weighted by atomic mass is 9.98. The molecule has 1 aliphatic rings. The van der Waals surface area contributed by atoms with Crippen LogP contribution < -0.4 is 14.8 Å². The molecular weight excluding hydrogens is 483 g/mol. The molecule has 0 saturated carbocycles. The number of anilines is 1. The Morgan fingerprint density at radius 1 is 1.11 bits per heavy atom. The first-order valence-electron chi connectivity index (χ1n) is 10.6. The number of ether oxygens (including phenoxy) is 2. The lowest BCUT2D eigenvalue weighted by Crippen LogP contribution is -2.17. The van der Waals surface area contributed by atoms with Gasteiger partial charge in [-0.15, -0.1) is 11.3 Å². The van der Waals surface area contributed by atoms with Crippen LogP contribution in [-0.2, 0) is 12.6 Å².